The van der Waals surface area contributed by atoms with Crippen LogP contribution in [0.1, 0.15) is 46.5 Å². The van der Waals surface area contributed by atoms with E-state index < -0.39 is 10.0 Å². The van der Waals surface area contributed by atoms with Crippen LogP contribution in [0.4, 0.5) is 0 Å². The normalized spacial score (nSPS) is 13.2. The van der Waals surface area contributed by atoms with Gasteiger partial charge in [-0.05, 0) is 20.3 Å². The molecule has 0 aliphatic heterocycles. The Balaban J connectivity index is 3.94. The zero-order chi connectivity index (χ0) is 10.5. The van der Waals surface area contributed by atoms with Gasteiger partial charge < -0.3 is 0 Å². The average molecular weight is 207 g/mol. The lowest BCUT2D eigenvalue weighted by Gasteiger charge is -2.24. The van der Waals surface area contributed by atoms with Crippen LogP contribution in [0, 0.1) is 0 Å². The van der Waals surface area contributed by atoms with Crippen molar-refractivity contribution in [3.05, 3.63) is 0 Å². The molecule has 0 atom stereocenters. The van der Waals surface area contributed by atoms with Crippen LogP contribution in [0.5, 0.6) is 0 Å². The van der Waals surface area contributed by atoms with Crippen molar-refractivity contribution in [3.63, 3.8) is 0 Å². The van der Waals surface area contributed by atoms with E-state index in [4.69, 9.17) is 0 Å². The fourth-order valence-corrected chi connectivity index (χ4v) is 2.48. The second-order valence-corrected chi connectivity index (χ2v) is 5.96. The number of hydrogen-bond acceptors (Lipinski definition) is 2. The highest BCUT2D eigenvalue weighted by Gasteiger charge is 2.20. The van der Waals surface area contributed by atoms with Gasteiger partial charge in [0.1, 0.15) is 0 Å². The molecule has 0 saturated carbocycles. The molecule has 0 aromatic rings. The Bertz CT molecular complexity index is 232. The molecule has 0 aromatic carbocycles. The second kappa shape index (κ2) is 4.96. The summed E-state index contributed by atoms with van der Waals surface area (Å²) in [5, 5.41) is 0. The van der Waals surface area contributed by atoms with Gasteiger partial charge in [0.05, 0.1) is 6.26 Å². The van der Waals surface area contributed by atoms with E-state index >= 15 is 0 Å². The first-order valence-electron chi connectivity index (χ1n) is 4.76. The summed E-state index contributed by atoms with van der Waals surface area (Å²) in [6.07, 6.45) is 5.50. The molecule has 0 bridgehead atoms. The van der Waals surface area contributed by atoms with Crippen molar-refractivity contribution < 1.29 is 8.42 Å². The van der Waals surface area contributed by atoms with E-state index in [1.807, 2.05) is 13.8 Å². The second-order valence-electron chi connectivity index (χ2n) is 4.22. The molecular formula is C9H21NO2S. The lowest BCUT2D eigenvalue weighted by atomic mass is 9.98. The SMILES string of the molecule is CCCCCC(C)(C)NS(C)(=O)=O. The highest BCUT2D eigenvalue weighted by Crippen LogP contribution is 2.14. The topological polar surface area (TPSA) is 46.2 Å². The molecule has 0 saturated heterocycles. The van der Waals surface area contributed by atoms with Crippen LogP contribution >= 0.6 is 0 Å². The number of hydrogen-bond donors (Lipinski definition) is 1. The van der Waals surface area contributed by atoms with Crippen molar-refractivity contribution >= 4 is 10.0 Å². The van der Waals surface area contributed by atoms with Crippen LogP contribution in [-0.2, 0) is 10.0 Å². The summed E-state index contributed by atoms with van der Waals surface area (Å²) in [6.45, 7) is 5.98. The van der Waals surface area contributed by atoms with Gasteiger partial charge in [0.25, 0.3) is 0 Å². The lowest BCUT2D eigenvalue weighted by Crippen LogP contribution is -2.42. The minimum absolute atomic E-state index is 0.303. The highest BCUT2D eigenvalue weighted by molar-refractivity contribution is 7.88. The largest absolute Gasteiger partial charge is 0.213 e. The molecule has 3 nitrogen and oxygen atoms in total. The van der Waals surface area contributed by atoms with Gasteiger partial charge in [0.2, 0.25) is 10.0 Å². The molecule has 0 aliphatic carbocycles. The summed E-state index contributed by atoms with van der Waals surface area (Å²) in [7, 11) is -3.07. The maximum atomic E-state index is 11.0. The maximum absolute atomic E-state index is 11.0. The third-order valence-corrected chi connectivity index (χ3v) is 2.79. The van der Waals surface area contributed by atoms with Gasteiger partial charge in [-0.25, -0.2) is 13.1 Å². The Morgan fingerprint density at radius 2 is 1.77 bits per heavy atom. The van der Waals surface area contributed by atoms with Crippen LogP contribution < -0.4 is 4.72 Å². The third kappa shape index (κ3) is 8.25. The predicted octanol–water partition coefficient (Wildman–Crippen LogP) is 1.89. The van der Waals surface area contributed by atoms with E-state index in [0.717, 1.165) is 25.7 Å². The fourth-order valence-electron chi connectivity index (χ4n) is 1.37. The first-order chi connectivity index (χ1) is 5.77. The Morgan fingerprint density at radius 1 is 1.23 bits per heavy atom. The molecule has 0 rings (SSSR count). The summed E-state index contributed by atoms with van der Waals surface area (Å²) in [5.74, 6) is 0. The van der Waals surface area contributed by atoms with Gasteiger partial charge in [0.15, 0.2) is 0 Å². The Hall–Kier alpha value is -0.0900. The Morgan fingerprint density at radius 3 is 2.15 bits per heavy atom. The van der Waals surface area contributed by atoms with E-state index in [2.05, 4.69) is 11.6 Å². The Kier molecular flexibility index (Phi) is 4.92. The van der Waals surface area contributed by atoms with Crippen molar-refractivity contribution in [1.82, 2.24) is 4.72 Å². The summed E-state index contributed by atoms with van der Waals surface area (Å²) in [6, 6.07) is 0. The number of nitrogens with one attached hydrogen (secondary N) is 1. The third-order valence-electron chi connectivity index (χ3n) is 1.87. The molecule has 0 heterocycles. The first-order valence-corrected chi connectivity index (χ1v) is 6.65. The minimum atomic E-state index is -3.07. The maximum Gasteiger partial charge on any atom is 0.209 e. The van der Waals surface area contributed by atoms with Crippen molar-refractivity contribution in [2.45, 2.75) is 52.0 Å². The summed E-state index contributed by atoms with van der Waals surface area (Å²) < 4.78 is 24.6. The van der Waals surface area contributed by atoms with Crippen molar-refractivity contribution in [1.29, 1.82) is 0 Å². The van der Waals surface area contributed by atoms with Crippen molar-refractivity contribution in [2.24, 2.45) is 0 Å². The average Bonchev–Trinajstić information content (AvgIpc) is 1.81. The van der Waals surface area contributed by atoms with E-state index in [1.165, 1.54) is 6.26 Å². The summed E-state index contributed by atoms with van der Waals surface area (Å²) >= 11 is 0. The molecule has 13 heavy (non-hydrogen) atoms. The fraction of sp³-hybridized carbons (Fsp3) is 1.00. The molecule has 0 fully saturated rings. The van der Waals surface area contributed by atoms with Gasteiger partial charge in [-0.15, -0.1) is 0 Å². The standard InChI is InChI=1S/C9H21NO2S/c1-5-6-7-8-9(2,3)10-13(4,11)12/h10H,5-8H2,1-4H3. The molecule has 0 amide bonds. The van der Waals surface area contributed by atoms with Crippen LogP contribution in [0.3, 0.4) is 0 Å². The highest BCUT2D eigenvalue weighted by atomic mass is 32.2. The van der Waals surface area contributed by atoms with E-state index in [1.54, 1.807) is 0 Å². The quantitative estimate of drug-likeness (QED) is 0.676. The minimum Gasteiger partial charge on any atom is -0.213 e. The van der Waals surface area contributed by atoms with Crippen LogP contribution in [0.25, 0.3) is 0 Å². The zero-order valence-electron chi connectivity index (χ0n) is 9.05. The van der Waals surface area contributed by atoms with E-state index in [-0.39, 0.29) is 5.54 Å². The van der Waals surface area contributed by atoms with Gasteiger partial charge in [-0.2, -0.15) is 0 Å². The molecule has 0 unspecified atom stereocenters. The lowest BCUT2D eigenvalue weighted by molar-refractivity contribution is 0.405. The molecule has 4 heteroatoms. The number of unbranched alkanes of at least 4 members (excludes halogenated alkanes) is 2. The smallest absolute Gasteiger partial charge is 0.209 e. The first kappa shape index (κ1) is 12.9. The zero-order valence-corrected chi connectivity index (χ0v) is 9.87. The predicted molar refractivity (Wildman–Crippen MR) is 56.2 cm³/mol. The summed E-state index contributed by atoms with van der Waals surface area (Å²) in [5.41, 5.74) is -0.303. The van der Waals surface area contributed by atoms with Crippen LogP contribution in [-0.4, -0.2) is 20.2 Å². The Labute approximate surface area is 82.0 Å². The van der Waals surface area contributed by atoms with Gasteiger partial charge in [-0.1, -0.05) is 26.2 Å². The number of rotatable bonds is 6. The van der Waals surface area contributed by atoms with Crippen LogP contribution in [0.2, 0.25) is 0 Å². The monoisotopic (exact) mass is 207 g/mol. The van der Waals surface area contributed by atoms with Gasteiger partial charge in [0, 0.05) is 5.54 Å². The van der Waals surface area contributed by atoms with E-state index in [9.17, 15) is 8.42 Å². The van der Waals surface area contributed by atoms with E-state index in [0.29, 0.717) is 0 Å². The molecule has 80 valence electrons. The molecular weight excluding hydrogens is 186 g/mol. The van der Waals surface area contributed by atoms with Gasteiger partial charge in [-0.3, -0.25) is 0 Å². The molecule has 0 aromatic heterocycles. The molecule has 0 spiro atoms. The van der Waals surface area contributed by atoms with Crippen molar-refractivity contribution in [3.8, 4) is 0 Å². The molecule has 0 radical (unpaired) electrons. The van der Waals surface area contributed by atoms with Crippen LogP contribution in [0.15, 0.2) is 0 Å². The molecule has 1 N–H and O–H groups in total. The molecule has 0 aliphatic rings. The summed E-state index contributed by atoms with van der Waals surface area (Å²) in [4.78, 5) is 0. The van der Waals surface area contributed by atoms with Crippen molar-refractivity contribution in [2.75, 3.05) is 6.26 Å². The number of sulfonamides is 1. The van der Waals surface area contributed by atoms with Gasteiger partial charge >= 0.3 is 0 Å².